The molecule has 1 aromatic heterocycles. The van der Waals surface area contributed by atoms with Crippen LogP contribution in [0.5, 0.6) is 0 Å². The molecule has 0 fully saturated rings. The van der Waals surface area contributed by atoms with Gasteiger partial charge in [-0.3, -0.25) is 4.68 Å². The maximum absolute atomic E-state index is 12.9. The van der Waals surface area contributed by atoms with E-state index >= 15 is 0 Å². The first-order valence-corrected chi connectivity index (χ1v) is 7.07. The highest BCUT2D eigenvalue weighted by Gasteiger charge is 2.08. The average Bonchev–Trinajstić information content (AvgIpc) is 2.79. The number of nitrogens with one attached hydrogen (secondary N) is 1. The van der Waals surface area contributed by atoms with Gasteiger partial charge in [0.05, 0.1) is 5.69 Å². The molecule has 0 bridgehead atoms. The minimum atomic E-state index is -0.183. The Labute approximate surface area is 119 Å². The molecular weight excluding hydrogens is 253 g/mol. The average molecular weight is 275 g/mol. The zero-order chi connectivity index (χ0) is 14.5. The molecule has 0 aliphatic rings. The number of benzene rings is 1. The van der Waals surface area contributed by atoms with Gasteiger partial charge in [0.1, 0.15) is 5.82 Å². The largest absolute Gasteiger partial charge is 0.310 e. The maximum atomic E-state index is 12.9. The summed E-state index contributed by atoms with van der Waals surface area (Å²) in [4.78, 5) is 0. The van der Waals surface area contributed by atoms with Crippen LogP contribution in [0.3, 0.4) is 0 Å². The summed E-state index contributed by atoms with van der Waals surface area (Å²) in [6.07, 6.45) is 3.91. The smallest absolute Gasteiger partial charge is 0.123 e. The minimum Gasteiger partial charge on any atom is -0.310 e. The third-order valence-electron chi connectivity index (χ3n) is 3.42. The van der Waals surface area contributed by atoms with Crippen LogP contribution >= 0.6 is 0 Å². The molecule has 0 spiro atoms. The first kappa shape index (κ1) is 14.7. The van der Waals surface area contributed by atoms with Gasteiger partial charge in [0.2, 0.25) is 0 Å². The lowest BCUT2D eigenvalue weighted by Gasteiger charge is -2.13. The van der Waals surface area contributed by atoms with Gasteiger partial charge in [0.25, 0.3) is 0 Å². The molecule has 3 nitrogen and oxygen atoms in total. The molecule has 2 rings (SSSR count). The van der Waals surface area contributed by atoms with Crippen molar-refractivity contribution in [2.75, 3.05) is 0 Å². The van der Waals surface area contributed by atoms with Crippen LogP contribution in [0.4, 0.5) is 4.39 Å². The third kappa shape index (κ3) is 3.90. The topological polar surface area (TPSA) is 29.9 Å². The first-order chi connectivity index (χ1) is 9.58. The van der Waals surface area contributed by atoms with Gasteiger partial charge in [0.15, 0.2) is 0 Å². The molecular formula is C16H22FN3. The van der Waals surface area contributed by atoms with Gasteiger partial charge in [-0.05, 0) is 37.5 Å². The monoisotopic (exact) mass is 275 g/mol. The normalized spacial score (nSPS) is 12.6. The number of rotatable bonds is 6. The van der Waals surface area contributed by atoms with Gasteiger partial charge < -0.3 is 5.32 Å². The van der Waals surface area contributed by atoms with E-state index in [9.17, 15) is 4.39 Å². The molecule has 1 aromatic carbocycles. The fourth-order valence-corrected chi connectivity index (χ4v) is 2.36. The van der Waals surface area contributed by atoms with Crippen molar-refractivity contribution in [3.63, 3.8) is 0 Å². The zero-order valence-corrected chi connectivity index (χ0v) is 12.4. The van der Waals surface area contributed by atoms with E-state index in [0.29, 0.717) is 6.04 Å². The number of hydrogen-bond acceptors (Lipinski definition) is 2. The molecule has 2 aromatic rings. The van der Waals surface area contributed by atoms with E-state index in [1.165, 1.54) is 17.7 Å². The molecule has 108 valence electrons. The van der Waals surface area contributed by atoms with Crippen molar-refractivity contribution in [1.82, 2.24) is 15.1 Å². The number of aryl methyl sites for hydroxylation is 2. The van der Waals surface area contributed by atoms with Crippen molar-refractivity contribution < 1.29 is 4.39 Å². The summed E-state index contributed by atoms with van der Waals surface area (Å²) in [5, 5.41) is 7.94. The van der Waals surface area contributed by atoms with E-state index in [1.807, 2.05) is 23.9 Å². The zero-order valence-electron chi connectivity index (χ0n) is 12.4. The molecule has 0 amide bonds. The highest BCUT2D eigenvalue weighted by molar-refractivity contribution is 5.18. The highest BCUT2D eigenvalue weighted by Crippen LogP contribution is 2.09. The van der Waals surface area contributed by atoms with E-state index in [2.05, 4.69) is 30.5 Å². The van der Waals surface area contributed by atoms with E-state index in [-0.39, 0.29) is 5.82 Å². The fourth-order valence-electron chi connectivity index (χ4n) is 2.36. The molecule has 1 N–H and O–H groups in total. The van der Waals surface area contributed by atoms with Gasteiger partial charge in [0, 0.05) is 31.4 Å². The Kier molecular flexibility index (Phi) is 4.90. The summed E-state index contributed by atoms with van der Waals surface area (Å²) >= 11 is 0. The second-order valence-corrected chi connectivity index (χ2v) is 5.24. The second kappa shape index (κ2) is 6.66. The Bertz CT molecular complexity index is 545. The predicted octanol–water partition coefficient (Wildman–Crippen LogP) is 2.84. The fraction of sp³-hybridized carbons (Fsp3) is 0.438. The van der Waals surface area contributed by atoms with Crippen LogP contribution in [0, 0.1) is 5.82 Å². The Morgan fingerprint density at radius 2 is 2.00 bits per heavy atom. The number of aromatic nitrogens is 2. The van der Waals surface area contributed by atoms with Crippen LogP contribution in [0.15, 0.2) is 30.5 Å². The summed E-state index contributed by atoms with van der Waals surface area (Å²) in [5.41, 5.74) is 3.54. The molecule has 0 aliphatic carbocycles. The molecule has 1 atom stereocenters. The second-order valence-electron chi connectivity index (χ2n) is 5.24. The first-order valence-electron chi connectivity index (χ1n) is 7.07. The van der Waals surface area contributed by atoms with E-state index in [4.69, 9.17) is 0 Å². The van der Waals surface area contributed by atoms with Gasteiger partial charge >= 0.3 is 0 Å². The number of halogens is 1. The van der Waals surface area contributed by atoms with Crippen LogP contribution in [0.25, 0.3) is 0 Å². The molecule has 4 heteroatoms. The van der Waals surface area contributed by atoms with E-state index < -0.39 is 0 Å². The lowest BCUT2D eigenvalue weighted by Crippen LogP contribution is -2.27. The van der Waals surface area contributed by atoms with Crippen molar-refractivity contribution >= 4 is 0 Å². The van der Waals surface area contributed by atoms with Crippen LogP contribution in [0.2, 0.25) is 0 Å². The molecule has 20 heavy (non-hydrogen) atoms. The lowest BCUT2D eigenvalue weighted by atomic mass is 10.1. The quantitative estimate of drug-likeness (QED) is 0.878. The molecule has 1 heterocycles. The summed E-state index contributed by atoms with van der Waals surface area (Å²) < 4.78 is 14.7. The molecule has 1 unspecified atom stereocenters. The molecule has 0 aliphatic heterocycles. The third-order valence-corrected chi connectivity index (χ3v) is 3.42. The van der Waals surface area contributed by atoms with Gasteiger partial charge in [-0.2, -0.15) is 5.10 Å². The van der Waals surface area contributed by atoms with Crippen LogP contribution in [-0.4, -0.2) is 15.8 Å². The van der Waals surface area contributed by atoms with Gasteiger partial charge in [-0.1, -0.05) is 19.1 Å². The van der Waals surface area contributed by atoms with Crippen LogP contribution < -0.4 is 5.32 Å². The predicted molar refractivity (Wildman–Crippen MR) is 79.0 cm³/mol. The van der Waals surface area contributed by atoms with Crippen molar-refractivity contribution in [3.8, 4) is 0 Å². The number of hydrogen-bond donors (Lipinski definition) is 1. The highest BCUT2D eigenvalue weighted by atomic mass is 19.1. The Morgan fingerprint density at radius 1 is 1.30 bits per heavy atom. The van der Waals surface area contributed by atoms with Crippen LogP contribution in [0.1, 0.15) is 30.7 Å². The number of nitrogens with zero attached hydrogens (tertiary/aromatic N) is 2. The van der Waals surface area contributed by atoms with Crippen LogP contribution in [-0.2, 0) is 26.4 Å². The summed E-state index contributed by atoms with van der Waals surface area (Å²) in [6.45, 7) is 5.08. The maximum Gasteiger partial charge on any atom is 0.123 e. The standard InChI is InChI=1S/C16H22FN3/c1-4-16-14(11-20(3)19-16)10-18-12(2)9-13-5-7-15(17)8-6-13/h5-8,11-12,18H,4,9-10H2,1-3H3. The van der Waals surface area contributed by atoms with E-state index in [1.54, 1.807) is 0 Å². The minimum absolute atomic E-state index is 0.183. The van der Waals surface area contributed by atoms with Crippen molar-refractivity contribution in [2.45, 2.75) is 39.3 Å². The summed E-state index contributed by atoms with van der Waals surface area (Å²) in [5.74, 6) is -0.183. The van der Waals surface area contributed by atoms with Crippen molar-refractivity contribution in [3.05, 3.63) is 53.1 Å². The van der Waals surface area contributed by atoms with E-state index in [0.717, 1.165) is 30.6 Å². The lowest BCUT2D eigenvalue weighted by molar-refractivity contribution is 0.543. The molecule has 0 saturated carbocycles. The Morgan fingerprint density at radius 3 is 2.65 bits per heavy atom. The Balaban J connectivity index is 1.88. The Hall–Kier alpha value is -1.68. The molecule has 0 radical (unpaired) electrons. The van der Waals surface area contributed by atoms with Crippen molar-refractivity contribution in [2.24, 2.45) is 7.05 Å². The van der Waals surface area contributed by atoms with Gasteiger partial charge in [-0.15, -0.1) is 0 Å². The van der Waals surface area contributed by atoms with Crippen molar-refractivity contribution in [1.29, 1.82) is 0 Å². The SMILES string of the molecule is CCc1nn(C)cc1CNC(C)Cc1ccc(F)cc1. The summed E-state index contributed by atoms with van der Waals surface area (Å²) in [7, 11) is 1.95. The van der Waals surface area contributed by atoms with Gasteiger partial charge in [-0.25, -0.2) is 4.39 Å². The molecule has 0 saturated heterocycles. The summed E-state index contributed by atoms with van der Waals surface area (Å²) in [6, 6.07) is 7.05.